The summed E-state index contributed by atoms with van der Waals surface area (Å²) >= 11 is 0. The van der Waals surface area contributed by atoms with Crippen molar-refractivity contribution in [2.75, 3.05) is 5.32 Å². The Morgan fingerprint density at radius 3 is 2.95 bits per heavy atom. The molecule has 0 aromatic heterocycles. The number of amides is 1. The number of ether oxygens (including phenoxy) is 1. The number of benzene rings is 1. The van der Waals surface area contributed by atoms with Gasteiger partial charge in [0.05, 0.1) is 23.2 Å². The number of allylic oxidation sites excluding steroid dienone is 2. The van der Waals surface area contributed by atoms with Gasteiger partial charge in [-0.15, -0.1) is 0 Å². The molecule has 5 nitrogen and oxygen atoms in total. The van der Waals surface area contributed by atoms with Gasteiger partial charge in [0.1, 0.15) is 0 Å². The Morgan fingerprint density at radius 2 is 2.24 bits per heavy atom. The summed E-state index contributed by atoms with van der Waals surface area (Å²) in [6.07, 6.45) is 5.00. The second-order valence-corrected chi connectivity index (χ2v) is 5.29. The van der Waals surface area contributed by atoms with Crippen molar-refractivity contribution in [3.63, 3.8) is 0 Å². The lowest BCUT2D eigenvalue weighted by atomic mass is 10.1. The normalized spacial score (nSPS) is 15.8. The van der Waals surface area contributed by atoms with E-state index in [0.29, 0.717) is 0 Å². The van der Waals surface area contributed by atoms with Crippen molar-refractivity contribution in [2.24, 2.45) is 9.98 Å². The third-order valence-electron chi connectivity index (χ3n) is 3.22. The van der Waals surface area contributed by atoms with Crippen molar-refractivity contribution < 1.29 is 9.53 Å². The summed E-state index contributed by atoms with van der Waals surface area (Å²) in [6.45, 7) is 3.64. The Morgan fingerprint density at radius 1 is 1.38 bits per heavy atom. The van der Waals surface area contributed by atoms with Gasteiger partial charge in [0.25, 0.3) is 0 Å². The van der Waals surface area contributed by atoms with E-state index in [1.807, 2.05) is 38.3 Å². The van der Waals surface area contributed by atoms with Crippen molar-refractivity contribution in [1.82, 2.24) is 0 Å². The minimum absolute atomic E-state index is 0.137. The molecule has 0 radical (unpaired) electrons. The summed E-state index contributed by atoms with van der Waals surface area (Å²) in [7, 11) is 0. The van der Waals surface area contributed by atoms with Crippen LogP contribution in [0.1, 0.15) is 25.8 Å². The summed E-state index contributed by atoms with van der Waals surface area (Å²) in [6, 6.07) is 5.68. The van der Waals surface area contributed by atoms with E-state index in [1.54, 1.807) is 0 Å². The van der Waals surface area contributed by atoms with Gasteiger partial charge >= 0.3 is 6.09 Å². The number of rotatable bonds is 3. The fourth-order valence-electron chi connectivity index (χ4n) is 2.35. The maximum atomic E-state index is 11.6. The highest BCUT2D eigenvalue weighted by atomic mass is 16.6. The summed E-state index contributed by atoms with van der Waals surface area (Å²) in [4.78, 5) is 20.5. The Hall–Kier alpha value is -2.43. The molecule has 0 atom stereocenters. The van der Waals surface area contributed by atoms with Crippen LogP contribution in [0.4, 0.5) is 16.2 Å². The van der Waals surface area contributed by atoms with Crippen LogP contribution in [0.3, 0.4) is 0 Å². The molecular weight excluding hydrogens is 266 g/mol. The topological polar surface area (TPSA) is 63.0 Å². The van der Waals surface area contributed by atoms with Gasteiger partial charge in [-0.25, -0.2) is 4.79 Å². The van der Waals surface area contributed by atoms with Crippen molar-refractivity contribution in [1.29, 1.82) is 0 Å². The van der Waals surface area contributed by atoms with Gasteiger partial charge in [0.2, 0.25) is 0 Å². The number of nitrogens with one attached hydrogen (secondary N) is 1. The molecule has 21 heavy (non-hydrogen) atoms. The van der Waals surface area contributed by atoms with Crippen LogP contribution in [0, 0.1) is 0 Å². The Labute approximate surface area is 123 Å². The van der Waals surface area contributed by atoms with Gasteiger partial charge in [-0.1, -0.05) is 6.08 Å². The quantitative estimate of drug-likeness (QED) is 0.920. The maximum Gasteiger partial charge on any atom is 0.411 e. The van der Waals surface area contributed by atoms with Crippen molar-refractivity contribution in [2.45, 2.75) is 32.8 Å². The number of hydrogen-bond donors (Lipinski definition) is 1. The Bertz CT molecular complexity index is 672. The highest BCUT2D eigenvalue weighted by Gasteiger charge is 2.19. The molecule has 0 spiro atoms. The van der Waals surface area contributed by atoms with Crippen LogP contribution < -0.4 is 5.32 Å². The molecule has 0 aliphatic carbocycles. The summed E-state index contributed by atoms with van der Waals surface area (Å²) in [5.74, 6) is 0. The van der Waals surface area contributed by atoms with Crippen LogP contribution in [0.25, 0.3) is 0 Å². The number of carbonyl (C=O) groups excluding carboxylic acids is 1. The monoisotopic (exact) mass is 283 g/mol. The van der Waals surface area contributed by atoms with E-state index < -0.39 is 6.09 Å². The molecule has 0 fully saturated rings. The third kappa shape index (κ3) is 3.02. The van der Waals surface area contributed by atoms with Crippen LogP contribution in [-0.2, 0) is 11.2 Å². The number of fused-ring (bicyclic) bond motifs is 1. The van der Waals surface area contributed by atoms with Crippen molar-refractivity contribution >= 4 is 29.4 Å². The summed E-state index contributed by atoms with van der Waals surface area (Å²) < 4.78 is 5.07. The maximum absolute atomic E-state index is 11.6. The van der Waals surface area contributed by atoms with Crippen LogP contribution >= 0.6 is 0 Å². The molecule has 1 N–H and O–H groups in total. The highest BCUT2D eigenvalue weighted by Crippen LogP contribution is 2.32. The molecule has 0 unspecified atom stereocenters. The lowest BCUT2D eigenvalue weighted by Gasteiger charge is -2.10. The molecular formula is C16H17N3O2. The molecule has 2 heterocycles. The number of hydrogen-bond acceptors (Lipinski definition) is 4. The van der Waals surface area contributed by atoms with Gasteiger partial charge in [0.15, 0.2) is 0 Å². The summed E-state index contributed by atoms with van der Waals surface area (Å²) in [5, 5.41) is 2.73. The first-order valence-electron chi connectivity index (χ1n) is 7.03. The average Bonchev–Trinajstić information content (AvgIpc) is 3.05. The third-order valence-corrected chi connectivity index (χ3v) is 3.22. The van der Waals surface area contributed by atoms with Crippen LogP contribution in [0.5, 0.6) is 0 Å². The SMILES string of the molecule is CC(C)OC(=O)Nc1ccc2c(c1)CC(C1=CCC=N1)=N2. The second-order valence-electron chi connectivity index (χ2n) is 5.29. The van der Waals surface area contributed by atoms with E-state index in [1.165, 1.54) is 0 Å². The van der Waals surface area contributed by atoms with Crippen LogP contribution in [0.2, 0.25) is 0 Å². The lowest BCUT2D eigenvalue weighted by Crippen LogP contribution is -2.18. The molecule has 0 saturated heterocycles. The zero-order valence-corrected chi connectivity index (χ0v) is 12.1. The fourth-order valence-corrected chi connectivity index (χ4v) is 2.35. The van der Waals surface area contributed by atoms with Crippen LogP contribution in [0.15, 0.2) is 40.0 Å². The first-order valence-corrected chi connectivity index (χ1v) is 7.03. The molecule has 2 aliphatic rings. The first kappa shape index (κ1) is 13.5. The van der Waals surface area contributed by atoms with E-state index in [9.17, 15) is 4.79 Å². The highest BCUT2D eigenvalue weighted by molar-refractivity contribution is 6.08. The molecule has 0 saturated carbocycles. The van der Waals surface area contributed by atoms with E-state index in [-0.39, 0.29) is 6.10 Å². The zero-order chi connectivity index (χ0) is 14.8. The average molecular weight is 283 g/mol. The molecule has 1 aromatic carbocycles. The molecule has 3 rings (SSSR count). The molecule has 5 heteroatoms. The molecule has 1 aromatic rings. The van der Waals surface area contributed by atoms with Gasteiger partial charge in [0, 0.05) is 24.7 Å². The molecule has 1 amide bonds. The zero-order valence-electron chi connectivity index (χ0n) is 12.1. The predicted molar refractivity (Wildman–Crippen MR) is 83.7 cm³/mol. The number of nitrogens with zero attached hydrogens (tertiary/aromatic N) is 2. The number of aliphatic imine (C=N–C) groups is 2. The summed E-state index contributed by atoms with van der Waals surface area (Å²) in [5.41, 5.74) is 4.70. The molecule has 0 bridgehead atoms. The van der Waals surface area contributed by atoms with Gasteiger partial charge in [-0.2, -0.15) is 0 Å². The van der Waals surface area contributed by atoms with E-state index >= 15 is 0 Å². The smallest absolute Gasteiger partial charge is 0.411 e. The Kier molecular flexibility index (Phi) is 3.56. The van der Waals surface area contributed by atoms with E-state index in [4.69, 9.17) is 4.74 Å². The second kappa shape index (κ2) is 5.52. The minimum atomic E-state index is -0.438. The van der Waals surface area contributed by atoms with E-state index in [0.717, 1.165) is 41.2 Å². The molecule has 108 valence electrons. The lowest BCUT2D eigenvalue weighted by molar-refractivity contribution is 0.130. The number of anilines is 1. The van der Waals surface area contributed by atoms with E-state index in [2.05, 4.69) is 21.4 Å². The predicted octanol–water partition coefficient (Wildman–Crippen LogP) is 3.63. The number of carbonyl (C=O) groups is 1. The van der Waals surface area contributed by atoms with Gasteiger partial charge in [-0.05, 0) is 37.6 Å². The van der Waals surface area contributed by atoms with Gasteiger partial charge in [-0.3, -0.25) is 15.3 Å². The van der Waals surface area contributed by atoms with Crippen molar-refractivity contribution in [3.05, 3.63) is 35.5 Å². The fraction of sp³-hybridized carbons (Fsp3) is 0.312. The first-order chi connectivity index (χ1) is 10.1. The Balaban J connectivity index is 1.71. The minimum Gasteiger partial charge on any atom is -0.447 e. The molecule has 2 aliphatic heterocycles. The van der Waals surface area contributed by atoms with Crippen molar-refractivity contribution in [3.8, 4) is 0 Å². The standard InChI is InChI=1S/C16H17N3O2/c1-10(2)21-16(20)18-12-5-6-13-11(8-12)9-15(19-13)14-4-3-7-17-14/h4-8,10H,3,9H2,1-2H3,(H,18,20). The van der Waals surface area contributed by atoms with Crippen LogP contribution in [-0.4, -0.2) is 24.1 Å². The van der Waals surface area contributed by atoms with Gasteiger partial charge < -0.3 is 4.74 Å². The largest absolute Gasteiger partial charge is 0.447 e.